The molecular weight excluding hydrogens is 364 g/mol. The molecule has 0 aliphatic carbocycles. The van der Waals surface area contributed by atoms with Gasteiger partial charge in [0.05, 0.1) is 11.3 Å². The molecule has 0 amide bonds. The highest BCUT2D eigenvalue weighted by molar-refractivity contribution is 5.95. The van der Waals surface area contributed by atoms with Gasteiger partial charge in [0.25, 0.3) is 0 Å². The van der Waals surface area contributed by atoms with Gasteiger partial charge >= 0.3 is 5.97 Å². The van der Waals surface area contributed by atoms with Crippen LogP contribution in [0.1, 0.15) is 68.1 Å². The number of hydrogen-bond acceptors (Lipinski definition) is 4. The first kappa shape index (κ1) is 20.7. The summed E-state index contributed by atoms with van der Waals surface area (Å²) in [6, 6.07) is 10.8. The third-order valence-corrected chi connectivity index (χ3v) is 4.76. The van der Waals surface area contributed by atoms with Crippen LogP contribution in [-0.4, -0.2) is 30.8 Å². The molecule has 3 rings (SSSR count). The highest BCUT2D eigenvalue weighted by Gasteiger charge is 2.22. The fourth-order valence-electron chi connectivity index (χ4n) is 3.07. The minimum atomic E-state index is -0.954. The first-order valence-corrected chi connectivity index (χ1v) is 10.0. The topological polar surface area (TPSA) is 80.9 Å². The van der Waals surface area contributed by atoms with Crippen molar-refractivity contribution in [3.05, 3.63) is 65.4 Å². The number of nitrogens with zero attached hydrogens (tertiary/aromatic N) is 4. The molecule has 0 saturated carbocycles. The van der Waals surface area contributed by atoms with Crippen LogP contribution < -0.4 is 0 Å². The molecule has 6 nitrogen and oxygen atoms in total. The van der Waals surface area contributed by atoms with Crippen LogP contribution >= 0.6 is 0 Å². The summed E-state index contributed by atoms with van der Waals surface area (Å²) in [5, 5.41) is 14.1. The van der Waals surface area contributed by atoms with Gasteiger partial charge in [0.15, 0.2) is 5.82 Å². The fraction of sp³-hybridized carbons (Fsp3) is 0.391. The maximum absolute atomic E-state index is 11.5. The van der Waals surface area contributed by atoms with E-state index in [9.17, 15) is 9.90 Å². The summed E-state index contributed by atoms with van der Waals surface area (Å²) in [6.45, 7) is 9.37. The average Bonchev–Trinajstić information content (AvgIpc) is 3.10. The molecule has 152 valence electrons. The number of hydrogen-bond donors (Lipinski definition) is 1. The predicted octanol–water partition coefficient (Wildman–Crippen LogP) is 4.73. The second kappa shape index (κ2) is 8.55. The van der Waals surface area contributed by atoms with Crippen molar-refractivity contribution in [1.29, 1.82) is 0 Å². The van der Waals surface area contributed by atoms with E-state index in [1.54, 1.807) is 24.4 Å². The molecule has 0 fully saturated rings. The summed E-state index contributed by atoms with van der Waals surface area (Å²) in [7, 11) is 0. The van der Waals surface area contributed by atoms with Crippen LogP contribution in [0, 0.1) is 0 Å². The molecule has 0 atom stereocenters. The van der Waals surface area contributed by atoms with Gasteiger partial charge in [-0.25, -0.2) is 14.5 Å². The minimum absolute atomic E-state index is 0.102. The number of pyridine rings is 1. The third-order valence-electron chi connectivity index (χ3n) is 4.76. The number of benzene rings is 1. The van der Waals surface area contributed by atoms with Gasteiger partial charge in [0, 0.05) is 30.1 Å². The monoisotopic (exact) mass is 392 g/mol. The van der Waals surface area contributed by atoms with Crippen molar-refractivity contribution in [2.24, 2.45) is 0 Å². The SMILES string of the molecule is CCCCn1nc(C(C)(C)C)nc1Cc1ccc(-c2ccccc2C(=O)O)nc1. The number of carbonyl (C=O) groups is 1. The number of carboxylic acids is 1. The van der Waals surface area contributed by atoms with E-state index in [0.29, 0.717) is 17.7 Å². The van der Waals surface area contributed by atoms with E-state index in [0.717, 1.165) is 36.6 Å². The molecule has 1 N–H and O–H groups in total. The zero-order valence-corrected chi connectivity index (χ0v) is 17.5. The van der Waals surface area contributed by atoms with Gasteiger partial charge in [0.1, 0.15) is 5.82 Å². The summed E-state index contributed by atoms with van der Waals surface area (Å²) in [5.74, 6) is 0.831. The molecule has 29 heavy (non-hydrogen) atoms. The summed E-state index contributed by atoms with van der Waals surface area (Å²) in [5.41, 5.74) is 2.44. The molecule has 0 unspecified atom stereocenters. The minimum Gasteiger partial charge on any atom is -0.478 e. The standard InChI is InChI=1S/C23H28N4O2/c1-5-6-13-27-20(25-22(26-27)23(2,3)4)14-16-11-12-19(24-15-16)17-9-7-8-10-18(17)21(28)29/h7-12,15H,5-6,13-14H2,1-4H3,(H,28,29). The van der Waals surface area contributed by atoms with Crippen LogP contribution in [-0.2, 0) is 18.4 Å². The van der Waals surface area contributed by atoms with Crippen molar-refractivity contribution >= 4 is 5.97 Å². The Morgan fingerprint density at radius 2 is 1.90 bits per heavy atom. The first-order chi connectivity index (χ1) is 13.8. The Bertz CT molecular complexity index is 985. The van der Waals surface area contributed by atoms with Gasteiger partial charge in [-0.05, 0) is 24.1 Å². The highest BCUT2D eigenvalue weighted by atomic mass is 16.4. The third kappa shape index (κ3) is 4.88. The van der Waals surface area contributed by atoms with Gasteiger partial charge in [-0.2, -0.15) is 5.10 Å². The van der Waals surface area contributed by atoms with Crippen molar-refractivity contribution in [1.82, 2.24) is 19.7 Å². The Kier molecular flexibility index (Phi) is 6.11. The zero-order chi connectivity index (χ0) is 21.0. The van der Waals surface area contributed by atoms with Gasteiger partial charge in [-0.1, -0.05) is 58.4 Å². The Balaban J connectivity index is 1.87. The molecule has 0 aliphatic rings. The summed E-state index contributed by atoms with van der Waals surface area (Å²) >= 11 is 0. The van der Waals surface area contributed by atoms with E-state index in [1.165, 1.54) is 0 Å². The number of aromatic carboxylic acids is 1. The maximum Gasteiger partial charge on any atom is 0.336 e. The van der Waals surface area contributed by atoms with Crippen LogP contribution in [0.2, 0.25) is 0 Å². The van der Waals surface area contributed by atoms with E-state index in [2.05, 4.69) is 32.7 Å². The zero-order valence-electron chi connectivity index (χ0n) is 17.5. The van der Waals surface area contributed by atoms with Crippen molar-refractivity contribution in [3.63, 3.8) is 0 Å². The lowest BCUT2D eigenvalue weighted by Gasteiger charge is -2.12. The molecule has 0 radical (unpaired) electrons. The van der Waals surface area contributed by atoms with Crippen molar-refractivity contribution in [2.45, 2.75) is 58.9 Å². The largest absolute Gasteiger partial charge is 0.478 e. The van der Waals surface area contributed by atoms with Crippen molar-refractivity contribution in [2.75, 3.05) is 0 Å². The summed E-state index contributed by atoms with van der Waals surface area (Å²) in [4.78, 5) is 20.8. The lowest BCUT2D eigenvalue weighted by atomic mass is 9.96. The van der Waals surface area contributed by atoms with Gasteiger partial charge in [0.2, 0.25) is 0 Å². The van der Waals surface area contributed by atoms with Crippen LogP contribution in [0.3, 0.4) is 0 Å². The Morgan fingerprint density at radius 3 is 2.52 bits per heavy atom. The van der Waals surface area contributed by atoms with Crippen molar-refractivity contribution in [3.8, 4) is 11.3 Å². The Hall–Kier alpha value is -3.02. The summed E-state index contributed by atoms with van der Waals surface area (Å²) in [6.07, 6.45) is 4.59. The summed E-state index contributed by atoms with van der Waals surface area (Å²) < 4.78 is 2.01. The Labute approximate surface area is 171 Å². The predicted molar refractivity (Wildman–Crippen MR) is 113 cm³/mol. The van der Waals surface area contributed by atoms with Crippen LogP contribution in [0.4, 0.5) is 0 Å². The number of unbranched alkanes of at least 4 members (excludes halogenated alkanes) is 1. The number of aryl methyl sites for hydroxylation is 1. The number of carboxylic acid groups (broad SMARTS) is 1. The molecule has 6 heteroatoms. The van der Waals surface area contributed by atoms with E-state index < -0.39 is 5.97 Å². The van der Waals surface area contributed by atoms with Gasteiger partial charge < -0.3 is 5.11 Å². The fourth-order valence-corrected chi connectivity index (χ4v) is 3.07. The second-order valence-electron chi connectivity index (χ2n) is 8.26. The smallest absolute Gasteiger partial charge is 0.336 e. The van der Waals surface area contributed by atoms with Crippen LogP contribution in [0.25, 0.3) is 11.3 Å². The second-order valence-corrected chi connectivity index (χ2v) is 8.26. The van der Waals surface area contributed by atoms with E-state index >= 15 is 0 Å². The van der Waals surface area contributed by atoms with E-state index in [1.807, 2.05) is 22.9 Å². The molecule has 3 aromatic rings. The molecule has 0 aliphatic heterocycles. The highest BCUT2D eigenvalue weighted by Crippen LogP contribution is 2.23. The van der Waals surface area contributed by atoms with Crippen LogP contribution in [0.5, 0.6) is 0 Å². The average molecular weight is 393 g/mol. The molecule has 1 aromatic carbocycles. The lowest BCUT2D eigenvalue weighted by Crippen LogP contribution is -2.14. The normalized spacial score (nSPS) is 11.6. The maximum atomic E-state index is 11.5. The first-order valence-electron chi connectivity index (χ1n) is 10.0. The van der Waals surface area contributed by atoms with Crippen LogP contribution in [0.15, 0.2) is 42.6 Å². The van der Waals surface area contributed by atoms with Gasteiger partial charge in [-0.15, -0.1) is 0 Å². The van der Waals surface area contributed by atoms with Crippen molar-refractivity contribution < 1.29 is 9.90 Å². The van der Waals surface area contributed by atoms with E-state index in [4.69, 9.17) is 10.1 Å². The lowest BCUT2D eigenvalue weighted by molar-refractivity contribution is 0.0697. The Morgan fingerprint density at radius 1 is 1.14 bits per heavy atom. The molecule has 0 spiro atoms. The molecular formula is C23H28N4O2. The number of rotatable bonds is 7. The van der Waals surface area contributed by atoms with Gasteiger partial charge in [-0.3, -0.25) is 4.98 Å². The molecule has 0 bridgehead atoms. The molecule has 2 aromatic heterocycles. The van der Waals surface area contributed by atoms with E-state index in [-0.39, 0.29) is 11.0 Å². The quantitative estimate of drug-likeness (QED) is 0.629. The molecule has 0 saturated heterocycles. The number of aromatic nitrogens is 4. The molecule has 2 heterocycles.